The number of amidine groups is 1. The highest BCUT2D eigenvalue weighted by molar-refractivity contribution is 7.12. The molecule has 0 spiro atoms. The second-order valence-corrected chi connectivity index (χ2v) is 8.91. The number of nitrogen functional groups attached to an aromatic ring is 1. The highest BCUT2D eigenvalue weighted by Crippen LogP contribution is 2.35. The summed E-state index contributed by atoms with van der Waals surface area (Å²) in [6.07, 6.45) is 0.271. The van der Waals surface area contributed by atoms with Gasteiger partial charge in [0.15, 0.2) is 28.1 Å². The maximum Gasteiger partial charge on any atom is 0.349 e. The summed E-state index contributed by atoms with van der Waals surface area (Å²) >= 11 is 0.822. The lowest BCUT2D eigenvalue weighted by atomic mass is 10.0. The highest BCUT2D eigenvalue weighted by atomic mass is 32.1. The number of ether oxygens (including phenoxy) is 2. The second-order valence-electron chi connectivity index (χ2n) is 8.06. The molecule has 204 valence electrons. The van der Waals surface area contributed by atoms with Gasteiger partial charge in [-0.05, 0) is 30.3 Å². The number of carboxylic acid groups (broad SMARTS) is 1. The van der Waals surface area contributed by atoms with Crippen LogP contribution in [0.25, 0.3) is 5.82 Å². The summed E-state index contributed by atoms with van der Waals surface area (Å²) < 4.78 is 27.5. The molecule has 2 aromatic heterocycles. The number of nitrogens with zero attached hydrogens (tertiary/aromatic N) is 3. The van der Waals surface area contributed by atoms with E-state index in [4.69, 9.17) is 25.7 Å². The molecule has 0 unspecified atom stereocenters. The molecule has 0 saturated carbocycles. The first kappa shape index (κ1) is 27.3. The molecule has 15 heteroatoms. The smallest absolute Gasteiger partial charge is 0.349 e. The van der Waals surface area contributed by atoms with Crippen molar-refractivity contribution in [2.24, 2.45) is 5.73 Å². The Hall–Kier alpha value is -4.76. The lowest BCUT2D eigenvalue weighted by Gasteiger charge is -2.21. The first-order valence-corrected chi connectivity index (χ1v) is 12.3. The van der Waals surface area contributed by atoms with Crippen LogP contribution in [0.1, 0.15) is 39.1 Å². The largest absolute Gasteiger partial charge is 0.497 e. The average molecular weight is 558 g/mol. The van der Waals surface area contributed by atoms with Crippen LogP contribution in [0.3, 0.4) is 0 Å². The van der Waals surface area contributed by atoms with Gasteiger partial charge in [0.25, 0.3) is 0 Å². The number of aromatic nitrogens is 4. The van der Waals surface area contributed by atoms with E-state index in [-0.39, 0.29) is 59.1 Å². The van der Waals surface area contributed by atoms with Gasteiger partial charge in [0.2, 0.25) is 0 Å². The van der Waals surface area contributed by atoms with E-state index in [2.05, 4.69) is 20.4 Å². The van der Waals surface area contributed by atoms with Gasteiger partial charge in [0.05, 0.1) is 19.2 Å². The summed E-state index contributed by atoms with van der Waals surface area (Å²) in [5, 5.41) is 33.5. The van der Waals surface area contributed by atoms with Crippen LogP contribution in [0.2, 0.25) is 0 Å². The molecule has 2 aromatic carbocycles. The number of nitrogens with one attached hydrogen (secondary N) is 3. The zero-order chi connectivity index (χ0) is 28.1. The van der Waals surface area contributed by atoms with Crippen LogP contribution in [0, 0.1) is 11.2 Å². The van der Waals surface area contributed by atoms with Gasteiger partial charge < -0.3 is 30.7 Å². The van der Waals surface area contributed by atoms with E-state index in [1.807, 2.05) is 0 Å². The number of anilines is 1. The number of benzene rings is 2. The predicted molar refractivity (Wildman–Crippen MR) is 140 cm³/mol. The fourth-order valence-electron chi connectivity index (χ4n) is 3.63. The normalized spacial score (nSPS) is 11.7. The minimum Gasteiger partial charge on any atom is -0.497 e. The fraction of sp³-hybridized carbons (Fsp3) is 0.208. The molecule has 4 rings (SSSR count). The van der Waals surface area contributed by atoms with Gasteiger partial charge in [-0.1, -0.05) is 0 Å². The van der Waals surface area contributed by atoms with E-state index >= 15 is 4.39 Å². The Labute approximate surface area is 224 Å². The van der Waals surface area contributed by atoms with E-state index in [0.717, 1.165) is 16.0 Å². The number of thiazole rings is 1. The van der Waals surface area contributed by atoms with Crippen LogP contribution in [0.5, 0.6) is 11.5 Å². The van der Waals surface area contributed by atoms with Crippen LogP contribution < -0.4 is 26.2 Å². The van der Waals surface area contributed by atoms with Crippen molar-refractivity contribution in [2.45, 2.75) is 12.5 Å². The predicted octanol–water partition coefficient (Wildman–Crippen LogP) is 2.11. The monoisotopic (exact) mass is 557 g/mol. The maximum atomic E-state index is 15.8. The Morgan fingerprint density at radius 3 is 2.72 bits per heavy atom. The van der Waals surface area contributed by atoms with E-state index in [1.54, 1.807) is 24.3 Å². The number of rotatable bonds is 12. The third-order valence-corrected chi connectivity index (χ3v) is 6.31. The first-order chi connectivity index (χ1) is 18.7. The lowest BCUT2D eigenvalue weighted by Crippen LogP contribution is -2.18. The van der Waals surface area contributed by atoms with Crippen molar-refractivity contribution in [1.82, 2.24) is 19.7 Å². The van der Waals surface area contributed by atoms with E-state index in [0.29, 0.717) is 11.3 Å². The van der Waals surface area contributed by atoms with E-state index < -0.39 is 23.5 Å². The molecule has 0 aliphatic carbocycles. The number of halogens is 1. The Morgan fingerprint density at radius 1 is 1.33 bits per heavy atom. The topological polar surface area (TPSA) is 201 Å². The molecule has 7 N–H and O–H groups in total. The quantitative estimate of drug-likeness (QED) is 0.0851. The molecule has 13 nitrogen and oxygen atoms in total. The Morgan fingerprint density at radius 2 is 2.08 bits per heavy atom. The summed E-state index contributed by atoms with van der Waals surface area (Å²) in [6.45, 7) is -0.107. The molecule has 4 aromatic rings. The standard InChI is InChI=1S/C24H24FN7O6S/c1-37-14-9-15(17(25)16(10-14)38-8-2-7-33)18(29-13-5-3-12(4-6-13)20(26)27)21-30-24(36)32(31-21)22-19(23(34)35)39-11-28-22/h3-6,9-11,18,29,33H,2,7-8H2,1H3,(H3,26,27)(H,34,35)(H,30,31,36)/t18-/m0/s1. The Balaban J connectivity index is 1.84. The number of methoxy groups -OCH3 is 1. The minimum absolute atomic E-state index is 0.0124. The van der Waals surface area contributed by atoms with Crippen molar-refractivity contribution in [3.63, 3.8) is 0 Å². The summed E-state index contributed by atoms with van der Waals surface area (Å²) in [4.78, 5) is 30.8. The van der Waals surface area contributed by atoms with Gasteiger partial charge in [-0.25, -0.2) is 19.0 Å². The number of carbonyl (C=O) groups is 1. The highest BCUT2D eigenvalue weighted by Gasteiger charge is 2.28. The molecule has 0 radical (unpaired) electrons. The molecule has 0 bridgehead atoms. The number of hydrogen-bond donors (Lipinski definition) is 6. The zero-order valence-corrected chi connectivity index (χ0v) is 21.3. The van der Waals surface area contributed by atoms with Gasteiger partial charge >= 0.3 is 11.7 Å². The van der Waals surface area contributed by atoms with E-state index in [9.17, 15) is 14.7 Å². The molecule has 0 aliphatic heterocycles. The van der Waals surface area contributed by atoms with Crippen molar-refractivity contribution in [1.29, 1.82) is 5.41 Å². The van der Waals surface area contributed by atoms with Gasteiger partial charge in [0.1, 0.15) is 17.6 Å². The maximum absolute atomic E-state index is 15.8. The number of aliphatic hydroxyl groups excluding tert-OH is 1. The van der Waals surface area contributed by atoms with Crippen molar-refractivity contribution < 1.29 is 28.9 Å². The summed E-state index contributed by atoms with van der Waals surface area (Å²) in [5.41, 5.74) is 6.93. The molecule has 0 saturated heterocycles. The van der Waals surface area contributed by atoms with Gasteiger partial charge in [-0.2, -0.15) is 4.68 Å². The van der Waals surface area contributed by atoms with Crippen LogP contribution >= 0.6 is 11.3 Å². The number of hydrogen-bond acceptors (Lipinski definition) is 10. The number of aromatic amines is 1. The minimum atomic E-state index is -1.28. The third kappa shape index (κ3) is 5.89. The molecular weight excluding hydrogens is 533 g/mol. The van der Waals surface area contributed by atoms with Crippen LogP contribution in [0.4, 0.5) is 10.1 Å². The van der Waals surface area contributed by atoms with Crippen molar-refractivity contribution in [3.05, 3.63) is 80.0 Å². The van der Waals surface area contributed by atoms with E-state index in [1.165, 1.54) is 24.8 Å². The van der Waals surface area contributed by atoms with Gasteiger partial charge in [-0.15, -0.1) is 16.4 Å². The molecule has 39 heavy (non-hydrogen) atoms. The third-order valence-electron chi connectivity index (χ3n) is 5.51. The number of nitrogens with two attached hydrogens (primary N) is 1. The molecular formula is C24H24FN7O6S. The van der Waals surface area contributed by atoms with Crippen molar-refractivity contribution in [3.8, 4) is 17.3 Å². The molecule has 0 fully saturated rings. The number of aromatic carboxylic acids is 1. The molecule has 0 aliphatic rings. The average Bonchev–Trinajstić information content (AvgIpc) is 3.55. The Bertz CT molecular complexity index is 1550. The zero-order valence-electron chi connectivity index (χ0n) is 20.5. The summed E-state index contributed by atoms with van der Waals surface area (Å²) in [6, 6.07) is 8.01. The Kier molecular flexibility index (Phi) is 8.21. The van der Waals surface area contributed by atoms with Crippen molar-refractivity contribution in [2.75, 3.05) is 25.6 Å². The van der Waals surface area contributed by atoms with Gasteiger partial charge in [0, 0.05) is 35.9 Å². The fourth-order valence-corrected chi connectivity index (χ4v) is 4.23. The molecule has 0 amide bonds. The van der Waals surface area contributed by atoms with Crippen LogP contribution in [-0.2, 0) is 0 Å². The molecule has 2 heterocycles. The van der Waals surface area contributed by atoms with Crippen molar-refractivity contribution >= 4 is 28.8 Å². The first-order valence-electron chi connectivity index (χ1n) is 11.4. The number of carboxylic acids is 1. The van der Waals surface area contributed by atoms with Crippen LogP contribution in [0.15, 0.2) is 46.7 Å². The molecule has 1 atom stereocenters. The number of H-pyrrole nitrogens is 1. The number of aliphatic hydroxyl groups is 1. The summed E-state index contributed by atoms with van der Waals surface area (Å²) in [5.74, 6) is -2.35. The van der Waals surface area contributed by atoms with Gasteiger partial charge in [-0.3, -0.25) is 10.4 Å². The lowest BCUT2D eigenvalue weighted by molar-refractivity contribution is 0.0701. The summed E-state index contributed by atoms with van der Waals surface area (Å²) in [7, 11) is 1.39. The van der Waals surface area contributed by atoms with Crippen LogP contribution in [-0.4, -0.2) is 62.1 Å². The second kappa shape index (κ2) is 11.7. The SMILES string of the molecule is COc1cc(OCCCO)c(F)c([C@H](Nc2ccc(C(=N)N)cc2)c2nn(-c3ncsc3C(=O)O)c(=O)[nH]2)c1.